The van der Waals surface area contributed by atoms with Gasteiger partial charge in [-0.25, -0.2) is 4.98 Å². The Morgan fingerprint density at radius 3 is 2.48 bits per heavy atom. The molecule has 0 radical (unpaired) electrons. The van der Waals surface area contributed by atoms with Crippen LogP contribution in [0.5, 0.6) is 0 Å². The summed E-state index contributed by atoms with van der Waals surface area (Å²) in [5, 5.41) is 2.85. The lowest BCUT2D eigenvalue weighted by molar-refractivity contribution is -0.133. The Kier molecular flexibility index (Phi) is 6.54. The molecular weight excluding hydrogens is 412 g/mol. The van der Waals surface area contributed by atoms with E-state index < -0.39 is 5.41 Å². The highest BCUT2D eigenvalue weighted by Gasteiger charge is 2.43. The Hall–Kier alpha value is -3.54. The second-order valence-electron chi connectivity index (χ2n) is 8.98. The number of amides is 2. The molecule has 1 aromatic heterocycles. The highest BCUT2D eigenvalue weighted by molar-refractivity contribution is 5.93. The molecule has 0 saturated carbocycles. The van der Waals surface area contributed by atoms with Crippen LogP contribution in [0.15, 0.2) is 60.9 Å². The summed E-state index contributed by atoms with van der Waals surface area (Å²) in [7, 11) is 1.67. The summed E-state index contributed by atoms with van der Waals surface area (Å²) in [6.45, 7) is 4.88. The zero-order chi connectivity index (χ0) is 23.4. The van der Waals surface area contributed by atoms with Crippen LogP contribution in [0.4, 0.5) is 0 Å². The minimum absolute atomic E-state index is 0.0315. The van der Waals surface area contributed by atoms with Gasteiger partial charge in [0, 0.05) is 26.3 Å². The average Bonchev–Trinajstić information content (AvgIpc) is 2.84. The number of aromatic nitrogens is 2. The summed E-state index contributed by atoms with van der Waals surface area (Å²) in [5.74, 6) is -0.208. The molecule has 1 atom stereocenters. The molecule has 1 N–H and O–H groups in total. The number of nitrogens with one attached hydrogen (secondary N) is 1. The number of carbonyl (C=O) groups excluding carboxylic acids is 2. The van der Waals surface area contributed by atoms with Crippen LogP contribution in [-0.4, -0.2) is 46.8 Å². The molecule has 2 aromatic carbocycles. The third-order valence-corrected chi connectivity index (χ3v) is 6.39. The van der Waals surface area contributed by atoms with Crippen molar-refractivity contribution in [1.82, 2.24) is 20.2 Å². The van der Waals surface area contributed by atoms with E-state index in [1.807, 2.05) is 13.0 Å². The van der Waals surface area contributed by atoms with E-state index in [0.29, 0.717) is 25.2 Å². The number of likely N-dealkylation sites (tertiary alicyclic amines) is 1. The fourth-order valence-electron chi connectivity index (χ4n) is 4.72. The third kappa shape index (κ3) is 4.95. The second-order valence-corrected chi connectivity index (χ2v) is 8.98. The van der Waals surface area contributed by atoms with E-state index in [1.54, 1.807) is 18.1 Å². The van der Waals surface area contributed by atoms with E-state index in [2.05, 4.69) is 64.7 Å². The highest BCUT2D eigenvalue weighted by Crippen LogP contribution is 2.35. The molecule has 3 aromatic rings. The van der Waals surface area contributed by atoms with Gasteiger partial charge in [-0.05, 0) is 49.8 Å². The lowest BCUT2D eigenvalue weighted by Crippen LogP contribution is -2.54. The first-order valence-corrected chi connectivity index (χ1v) is 11.4. The Balaban J connectivity index is 1.61. The summed E-state index contributed by atoms with van der Waals surface area (Å²) >= 11 is 0. The van der Waals surface area contributed by atoms with Crippen LogP contribution in [0.3, 0.4) is 0 Å². The van der Waals surface area contributed by atoms with Crippen molar-refractivity contribution in [3.05, 3.63) is 83.4 Å². The summed E-state index contributed by atoms with van der Waals surface area (Å²) in [5.41, 5.74) is 4.97. The molecule has 1 fully saturated rings. The fourth-order valence-corrected chi connectivity index (χ4v) is 4.72. The van der Waals surface area contributed by atoms with E-state index in [-0.39, 0.29) is 11.8 Å². The van der Waals surface area contributed by atoms with Crippen molar-refractivity contribution >= 4 is 11.8 Å². The Labute approximate surface area is 195 Å². The highest BCUT2D eigenvalue weighted by atomic mass is 16.2. The number of carbonyl (C=O) groups is 2. The topological polar surface area (TPSA) is 75.2 Å². The summed E-state index contributed by atoms with van der Waals surface area (Å²) in [4.78, 5) is 36.5. The van der Waals surface area contributed by atoms with Gasteiger partial charge < -0.3 is 10.2 Å². The predicted octanol–water partition coefficient (Wildman–Crippen LogP) is 3.97. The van der Waals surface area contributed by atoms with Gasteiger partial charge in [0.1, 0.15) is 5.69 Å². The molecule has 2 amide bonds. The molecule has 170 valence electrons. The van der Waals surface area contributed by atoms with Gasteiger partial charge >= 0.3 is 0 Å². The van der Waals surface area contributed by atoms with Crippen LogP contribution < -0.4 is 5.32 Å². The average molecular weight is 443 g/mol. The van der Waals surface area contributed by atoms with Crippen molar-refractivity contribution in [2.24, 2.45) is 5.41 Å². The van der Waals surface area contributed by atoms with Gasteiger partial charge in [0.05, 0.1) is 17.3 Å². The van der Waals surface area contributed by atoms with E-state index >= 15 is 0 Å². The van der Waals surface area contributed by atoms with Crippen molar-refractivity contribution in [3.63, 3.8) is 0 Å². The van der Waals surface area contributed by atoms with E-state index in [0.717, 1.165) is 35.2 Å². The Bertz CT molecular complexity index is 1160. The molecule has 0 aliphatic carbocycles. The first-order chi connectivity index (χ1) is 15.9. The van der Waals surface area contributed by atoms with Gasteiger partial charge in [-0.2, -0.15) is 0 Å². The number of piperidine rings is 1. The van der Waals surface area contributed by atoms with Gasteiger partial charge in [0.2, 0.25) is 5.91 Å². The van der Waals surface area contributed by atoms with E-state index in [4.69, 9.17) is 0 Å². The molecule has 2 heterocycles. The van der Waals surface area contributed by atoms with Crippen LogP contribution in [0.25, 0.3) is 11.1 Å². The standard InChI is InChI=1S/C27H30N4O2/c1-19-7-4-9-22(13-19)23-10-5-8-21(14-23)15-27(26(33)28-3)11-6-12-31(18-27)25(32)24-17-29-20(2)16-30-24/h4-5,7-10,13-14,16-17H,6,11-12,15,18H2,1-3H3,(H,28,33)/t27-/m0/s1. The number of rotatable bonds is 5. The molecule has 6 nitrogen and oxygen atoms in total. The van der Waals surface area contributed by atoms with Crippen molar-refractivity contribution < 1.29 is 9.59 Å². The summed E-state index contributed by atoms with van der Waals surface area (Å²) < 4.78 is 0. The molecule has 0 spiro atoms. The van der Waals surface area contributed by atoms with E-state index in [9.17, 15) is 9.59 Å². The molecular formula is C27H30N4O2. The molecule has 1 aliphatic heterocycles. The quantitative estimate of drug-likeness (QED) is 0.649. The van der Waals surface area contributed by atoms with E-state index in [1.165, 1.54) is 11.8 Å². The number of benzene rings is 2. The minimum Gasteiger partial charge on any atom is -0.359 e. The lowest BCUT2D eigenvalue weighted by Gasteiger charge is -2.41. The van der Waals surface area contributed by atoms with Crippen molar-refractivity contribution in [2.75, 3.05) is 20.1 Å². The van der Waals surface area contributed by atoms with Crippen LogP contribution in [0.1, 0.15) is 40.2 Å². The zero-order valence-corrected chi connectivity index (χ0v) is 19.5. The molecule has 0 unspecified atom stereocenters. The van der Waals surface area contributed by atoms with Crippen LogP contribution in [0, 0.1) is 19.3 Å². The monoisotopic (exact) mass is 442 g/mol. The number of aryl methyl sites for hydroxylation is 2. The van der Waals surface area contributed by atoms with Gasteiger partial charge in [0.15, 0.2) is 0 Å². The molecule has 1 saturated heterocycles. The maximum atomic E-state index is 13.2. The number of nitrogens with zero attached hydrogens (tertiary/aromatic N) is 3. The fraction of sp³-hybridized carbons (Fsp3) is 0.333. The summed E-state index contributed by atoms with van der Waals surface area (Å²) in [6, 6.07) is 16.8. The summed E-state index contributed by atoms with van der Waals surface area (Å²) in [6.07, 6.45) is 5.16. The van der Waals surface area contributed by atoms with Crippen molar-refractivity contribution in [2.45, 2.75) is 33.1 Å². The number of hydrogen-bond donors (Lipinski definition) is 1. The zero-order valence-electron chi connectivity index (χ0n) is 19.5. The van der Waals surface area contributed by atoms with Crippen LogP contribution in [0.2, 0.25) is 0 Å². The predicted molar refractivity (Wildman–Crippen MR) is 129 cm³/mol. The molecule has 6 heteroatoms. The van der Waals surface area contributed by atoms with Gasteiger partial charge in [-0.3, -0.25) is 14.6 Å². The molecule has 4 rings (SSSR count). The Morgan fingerprint density at radius 1 is 1.03 bits per heavy atom. The van der Waals surface area contributed by atoms with Crippen molar-refractivity contribution in [1.29, 1.82) is 0 Å². The third-order valence-electron chi connectivity index (χ3n) is 6.39. The van der Waals surface area contributed by atoms with Gasteiger partial charge in [0.25, 0.3) is 5.91 Å². The maximum absolute atomic E-state index is 13.2. The first kappa shape index (κ1) is 22.6. The molecule has 1 aliphatic rings. The molecule has 33 heavy (non-hydrogen) atoms. The van der Waals surface area contributed by atoms with Gasteiger partial charge in [-0.15, -0.1) is 0 Å². The first-order valence-electron chi connectivity index (χ1n) is 11.4. The minimum atomic E-state index is -0.688. The Morgan fingerprint density at radius 2 is 1.79 bits per heavy atom. The smallest absolute Gasteiger partial charge is 0.274 e. The largest absolute Gasteiger partial charge is 0.359 e. The number of hydrogen-bond acceptors (Lipinski definition) is 4. The SMILES string of the molecule is CNC(=O)[C@]1(Cc2cccc(-c3cccc(C)c3)c2)CCCN(C(=O)c2cnc(C)cn2)C1. The van der Waals surface area contributed by atoms with Gasteiger partial charge in [-0.1, -0.05) is 54.1 Å². The van der Waals surface area contributed by atoms with Crippen molar-refractivity contribution in [3.8, 4) is 11.1 Å². The lowest BCUT2D eigenvalue weighted by atomic mass is 9.74. The normalized spacial score (nSPS) is 18.1. The maximum Gasteiger partial charge on any atom is 0.274 e. The second kappa shape index (κ2) is 9.53. The van der Waals surface area contributed by atoms with Crippen LogP contribution in [-0.2, 0) is 11.2 Å². The van der Waals surface area contributed by atoms with Crippen LogP contribution >= 0.6 is 0 Å². The molecule has 0 bridgehead atoms.